The molecule has 1 aliphatic carbocycles. The van der Waals surface area contributed by atoms with Crippen LogP contribution < -0.4 is 5.32 Å². The lowest BCUT2D eigenvalue weighted by atomic mass is 10.0. The van der Waals surface area contributed by atoms with Crippen molar-refractivity contribution < 1.29 is 0 Å². The molecule has 0 aromatic heterocycles. The van der Waals surface area contributed by atoms with Crippen LogP contribution in [-0.2, 0) is 0 Å². The highest BCUT2D eigenvalue weighted by Crippen LogP contribution is 2.31. The number of nitrogens with one attached hydrogen (secondary N) is 1. The minimum absolute atomic E-state index is 0.700. The Labute approximate surface area is 88.1 Å². The molecule has 2 heteroatoms. The Balaban J connectivity index is 2.01. The second-order valence-corrected chi connectivity index (χ2v) is 5.46. The molecule has 0 bridgehead atoms. The van der Waals surface area contributed by atoms with Gasteiger partial charge in [0.25, 0.3) is 0 Å². The summed E-state index contributed by atoms with van der Waals surface area (Å²) in [6.07, 6.45) is 4.30. The summed E-state index contributed by atoms with van der Waals surface area (Å²) in [5.41, 5.74) is 0. The number of hydrogen-bond acceptors (Lipinski definition) is 2. The van der Waals surface area contributed by atoms with Crippen molar-refractivity contribution >= 4 is 0 Å². The summed E-state index contributed by atoms with van der Waals surface area (Å²) in [6, 6.07) is 1.57. The summed E-state index contributed by atoms with van der Waals surface area (Å²) >= 11 is 0. The molecule has 0 aromatic rings. The Morgan fingerprint density at radius 3 is 2.79 bits per heavy atom. The van der Waals surface area contributed by atoms with Crippen molar-refractivity contribution in [3.05, 3.63) is 0 Å². The summed E-state index contributed by atoms with van der Waals surface area (Å²) in [7, 11) is 2.31. The van der Waals surface area contributed by atoms with Crippen molar-refractivity contribution in [2.24, 2.45) is 11.8 Å². The van der Waals surface area contributed by atoms with E-state index >= 15 is 0 Å². The van der Waals surface area contributed by atoms with Gasteiger partial charge in [-0.2, -0.15) is 0 Å². The molecular formula is C12H24N2. The van der Waals surface area contributed by atoms with Crippen LogP contribution in [-0.4, -0.2) is 37.1 Å². The average molecular weight is 196 g/mol. The monoisotopic (exact) mass is 196 g/mol. The molecule has 2 rings (SSSR count). The van der Waals surface area contributed by atoms with E-state index in [4.69, 9.17) is 0 Å². The largest absolute Gasteiger partial charge is 0.312 e. The van der Waals surface area contributed by atoms with Crippen molar-refractivity contribution in [2.75, 3.05) is 20.1 Å². The van der Waals surface area contributed by atoms with E-state index in [2.05, 4.69) is 31.1 Å². The molecule has 3 atom stereocenters. The van der Waals surface area contributed by atoms with Gasteiger partial charge in [-0.15, -0.1) is 0 Å². The van der Waals surface area contributed by atoms with E-state index in [0.29, 0.717) is 6.04 Å². The van der Waals surface area contributed by atoms with E-state index in [0.717, 1.165) is 17.9 Å². The second kappa shape index (κ2) is 4.19. The van der Waals surface area contributed by atoms with Gasteiger partial charge in [0.2, 0.25) is 0 Å². The van der Waals surface area contributed by atoms with Gasteiger partial charge in [0, 0.05) is 18.6 Å². The van der Waals surface area contributed by atoms with Gasteiger partial charge in [-0.25, -0.2) is 0 Å². The van der Waals surface area contributed by atoms with Gasteiger partial charge in [0.15, 0.2) is 0 Å². The van der Waals surface area contributed by atoms with E-state index in [9.17, 15) is 0 Å². The van der Waals surface area contributed by atoms with Crippen molar-refractivity contribution in [1.29, 1.82) is 0 Å². The van der Waals surface area contributed by atoms with Crippen LogP contribution in [0, 0.1) is 11.8 Å². The van der Waals surface area contributed by atoms with Gasteiger partial charge < -0.3 is 10.2 Å². The Hall–Kier alpha value is -0.0800. The predicted molar refractivity (Wildman–Crippen MR) is 60.4 cm³/mol. The molecule has 1 saturated heterocycles. The maximum Gasteiger partial charge on any atom is 0.0218 e. The van der Waals surface area contributed by atoms with Crippen LogP contribution in [0.1, 0.15) is 33.1 Å². The van der Waals surface area contributed by atoms with E-state index in [1.54, 1.807) is 0 Å². The third-order valence-electron chi connectivity index (χ3n) is 4.12. The second-order valence-electron chi connectivity index (χ2n) is 5.46. The number of nitrogens with zero attached hydrogens (tertiary/aromatic N) is 1. The first-order valence-corrected chi connectivity index (χ1v) is 6.12. The minimum atomic E-state index is 0.700. The van der Waals surface area contributed by atoms with Gasteiger partial charge >= 0.3 is 0 Å². The fourth-order valence-corrected chi connectivity index (χ4v) is 3.10. The summed E-state index contributed by atoms with van der Waals surface area (Å²) in [5, 5.41) is 3.74. The van der Waals surface area contributed by atoms with Crippen LogP contribution in [0.4, 0.5) is 0 Å². The van der Waals surface area contributed by atoms with Gasteiger partial charge in [0.1, 0.15) is 0 Å². The van der Waals surface area contributed by atoms with Gasteiger partial charge in [-0.1, -0.05) is 20.3 Å². The lowest BCUT2D eigenvalue weighted by Crippen LogP contribution is -2.41. The number of likely N-dealkylation sites (N-methyl/N-ethyl adjacent to an activating group) is 1. The molecule has 2 fully saturated rings. The molecule has 0 radical (unpaired) electrons. The molecule has 1 N–H and O–H groups in total. The standard InChI is InChI=1S/C12H24N2/c1-9(2)11-8-14(3)12-6-4-5-10(12)7-13-11/h9-13H,4-8H2,1-3H3/t10?,11-,12?/m1/s1. The van der Waals surface area contributed by atoms with E-state index < -0.39 is 0 Å². The highest BCUT2D eigenvalue weighted by atomic mass is 15.2. The quantitative estimate of drug-likeness (QED) is 0.687. The molecule has 0 amide bonds. The lowest BCUT2D eigenvalue weighted by Gasteiger charge is -2.28. The van der Waals surface area contributed by atoms with Crippen LogP contribution in [0.5, 0.6) is 0 Å². The summed E-state index contributed by atoms with van der Waals surface area (Å²) in [6.45, 7) is 7.13. The molecule has 0 spiro atoms. The maximum absolute atomic E-state index is 3.74. The Morgan fingerprint density at radius 1 is 1.29 bits per heavy atom. The molecule has 0 aromatic carbocycles. The van der Waals surface area contributed by atoms with Crippen LogP contribution >= 0.6 is 0 Å². The first-order valence-electron chi connectivity index (χ1n) is 6.12. The number of rotatable bonds is 1. The number of hydrogen-bond donors (Lipinski definition) is 1. The highest BCUT2D eigenvalue weighted by molar-refractivity contribution is 4.91. The summed E-state index contributed by atoms with van der Waals surface area (Å²) in [4.78, 5) is 2.60. The Bertz CT molecular complexity index is 191. The van der Waals surface area contributed by atoms with Crippen molar-refractivity contribution in [3.8, 4) is 0 Å². The molecule has 1 aliphatic heterocycles. The van der Waals surface area contributed by atoms with Crippen molar-refractivity contribution in [1.82, 2.24) is 10.2 Å². The fraction of sp³-hybridized carbons (Fsp3) is 1.00. The van der Waals surface area contributed by atoms with Crippen molar-refractivity contribution in [3.63, 3.8) is 0 Å². The average Bonchev–Trinajstić information content (AvgIpc) is 2.54. The maximum atomic E-state index is 3.74. The Morgan fingerprint density at radius 2 is 2.07 bits per heavy atom. The third kappa shape index (κ3) is 1.96. The molecule has 82 valence electrons. The van der Waals surface area contributed by atoms with Crippen LogP contribution in [0.2, 0.25) is 0 Å². The van der Waals surface area contributed by atoms with E-state index in [1.165, 1.54) is 32.4 Å². The summed E-state index contributed by atoms with van der Waals surface area (Å²) in [5.74, 6) is 1.68. The molecule has 1 saturated carbocycles. The normalized spacial score (nSPS) is 39.9. The lowest BCUT2D eigenvalue weighted by molar-refractivity contribution is 0.204. The smallest absolute Gasteiger partial charge is 0.0218 e. The number of fused-ring (bicyclic) bond motifs is 1. The van der Waals surface area contributed by atoms with E-state index in [-0.39, 0.29) is 0 Å². The summed E-state index contributed by atoms with van der Waals surface area (Å²) < 4.78 is 0. The third-order valence-corrected chi connectivity index (χ3v) is 4.12. The highest BCUT2D eigenvalue weighted by Gasteiger charge is 2.34. The van der Waals surface area contributed by atoms with Gasteiger partial charge in [-0.3, -0.25) is 0 Å². The Kier molecular flexibility index (Phi) is 3.13. The van der Waals surface area contributed by atoms with Crippen LogP contribution in [0.15, 0.2) is 0 Å². The predicted octanol–water partition coefficient (Wildman–Crippen LogP) is 1.71. The molecule has 2 aliphatic rings. The first kappa shape index (κ1) is 10.4. The zero-order valence-electron chi connectivity index (χ0n) is 9.79. The zero-order valence-corrected chi connectivity index (χ0v) is 9.79. The zero-order chi connectivity index (χ0) is 10.1. The van der Waals surface area contributed by atoms with Gasteiger partial charge in [0.05, 0.1) is 0 Å². The van der Waals surface area contributed by atoms with Crippen LogP contribution in [0.3, 0.4) is 0 Å². The topological polar surface area (TPSA) is 15.3 Å². The molecule has 2 nitrogen and oxygen atoms in total. The molecule has 2 unspecified atom stereocenters. The van der Waals surface area contributed by atoms with Crippen molar-refractivity contribution in [2.45, 2.75) is 45.2 Å². The van der Waals surface area contributed by atoms with Crippen LogP contribution in [0.25, 0.3) is 0 Å². The minimum Gasteiger partial charge on any atom is -0.312 e. The van der Waals surface area contributed by atoms with Gasteiger partial charge in [-0.05, 0) is 38.3 Å². The molecule has 14 heavy (non-hydrogen) atoms. The molecular weight excluding hydrogens is 172 g/mol. The van der Waals surface area contributed by atoms with E-state index in [1.807, 2.05) is 0 Å². The fourth-order valence-electron chi connectivity index (χ4n) is 3.10. The molecule has 1 heterocycles. The SMILES string of the molecule is CC(C)[C@H]1CN(C)C2CCCC2CN1. The first-order chi connectivity index (χ1) is 6.68.